The van der Waals surface area contributed by atoms with Gasteiger partial charge in [0.1, 0.15) is 23.7 Å². The minimum atomic E-state index is -1.32. The van der Waals surface area contributed by atoms with Gasteiger partial charge in [-0.15, -0.1) is 0 Å². The second kappa shape index (κ2) is 7.65. The third-order valence-electron chi connectivity index (χ3n) is 4.60. The quantitative estimate of drug-likeness (QED) is 0.209. The Morgan fingerprint density at radius 3 is 2.74 bits per heavy atom. The summed E-state index contributed by atoms with van der Waals surface area (Å²) in [6.07, 6.45) is -0.752. The number of fused-ring (bicyclic) bond motifs is 1. The number of aliphatic hydroxyl groups excluding tert-OH is 1. The minimum absolute atomic E-state index is 0.209. The molecular formula is C18H22F2N6O. The van der Waals surface area contributed by atoms with Gasteiger partial charge in [0, 0.05) is 31.8 Å². The molecule has 0 saturated heterocycles. The van der Waals surface area contributed by atoms with Crippen LogP contribution in [-0.2, 0) is 13.0 Å². The van der Waals surface area contributed by atoms with Crippen molar-refractivity contribution in [3.63, 3.8) is 0 Å². The third-order valence-corrected chi connectivity index (χ3v) is 4.60. The van der Waals surface area contributed by atoms with Crippen LogP contribution in [0.4, 0.5) is 8.78 Å². The van der Waals surface area contributed by atoms with E-state index in [0.29, 0.717) is 37.3 Å². The van der Waals surface area contributed by atoms with Crippen LogP contribution in [0.5, 0.6) is 0 Å². The molecule has 0 aliphatic carbocycles. The molecule has 1 aliphatic rings. The number of aliphatic hydroxyl groups is 1. The lowest BCUT2D eigenvalue weighted by atomic mass is 9.92. The topological polar surface area (TPSA) is 115 Å². The number of aromatic nitrogens is 1. The van der Waals surface area contributed by atoms with Gasteiger partial charge in [-0.25, -0.2) is 14.6 Å². The number of nitrogens with zero attached hydrogens (tertiary/aromatic N) is 3. The van der Waals surface area contributed by atoms with Gasteiger partial charge < -0.3 is 15.8 Å². The highest BCUT2D eigenvalue weighted by atomic mass is 19.1. The molecule has 0 bridgehead atoms. The molecule has 9 heteroatoms. The Kier molecular flexibility index (Phi) is 5.47. The maximum Gasteiger partial charge on any atom is 0.145 e. The average molecular weight is 376 g/mol. The largest absolute Gasteiger partial charge is 0.373 e. The van der Waals surface area contributed by atoms with E-state index < -0.39 is 17.9 Å². The van der Waals surface area contributed by atoms with Crippen molar-refractivity contribution in [2.45, 2.75) is 19.2 Å². The number of likely N-dealkylation sites (N-methyl/N-ethyl adjacent to an activating group) is 1. The number of halogens is 2. The molecule has 2 heterocycles. The van der Waals surface area contributed by atoms with Crippen molar-refractivity contribution in [1.82, 2.24) is 14.9 Å². The fraction of sp³-hybridized carbons (Fsp3) is 0.333. The highest BCUT2D eigenvalue weighted by molar-refractivity contribution is 5.80. The zero-order valence-corrected chi connectivity index (χ0v) is 14.9. The lowest BCUT2D eigenvalue weighted by molar-refractivity contribution is 0.180. The zero-order valence-electron chi connectivity index (χ0n) is 14.9. The molecule has 1 aromatic heterocycles. The van der Waals surface area contributed by atoms with Crippen LogP contribution in [0.1, 0.15) is 23.2 Å². The van der Waals surface area contributed by atoms with E-state index in [9.17, 15) is 13.9 Å². The number of benzene rings is 1. The van der Waals surface area contributed by atoms with E-state index in [1.165, 1.54) is 17.1 Å². The van der Waals surface area contributed by atoms with Crippen LogP contribution < -0.4 is 11.6 Å². The van der Waals surface area contributed by atoms with E-state index in [2.05, 4.69) is 4.98 Å². The fourth-order valence-corrected chi connectivity index (χ4v) is 3.17. The van der Waals surface area contributed by atoms with Crippen LogP contribution in [0.25, 0.3) is 11.1 Å². The summed E-state index contributed by atoms with van der Waals surface area (Å²) in [4.78, 5) is 6.40. The Balaban J connectivity index is 2.02. The Morgan fingerprint density at radius 2 is 2.11 bits per heavy atom. The van der Waals surface area contributed by atoms with Crippen LogP contribution in [0.3, 0.4) is 0 Å². The predicted molar refractivity (Wildman–Crippen MR) is 97.4 cm³/mol. The van der Waals surface area contributed by atoms with Crippen LogP contribution in [0.15, 0.2) is 24.3 Å². The monoisotopic (exact) mass is 376 g/mol. The van der Waals surface area contributed by atoms with Crippen molar-refractivity contribution < 1.29 is 13.9 Å². The van der Waals surface area contributed by atoms with Gasteiger partial charge in [0.15, 0.2) is 0 Å². The fourth-order valence-electron chi connectivity index (χ4n) is 3.17. The molecule has 0 saturated carbocycles. The molecule has 1 unspecified atom stereocenters. The first-order valence-electron chi connectivity index (χ1n) is 8.46. The number of amidine groups is 1. The molecule has 27 heavy (non-hydrogen) atoms. The van der Waals surface area contributed by atoms with Gasteiger partial charge in [0.05, 0.1) is 17.9 Å². The molecule has 1 aromatic carbocycles. The molecule has 1 aliphatic heterocycles. The molecular weight excluding hydrogens is 354 g/mol. The summed E-state index contributed by atoms with van der Waals surface area (Å²) in [6.45, 7) is 1.37. The van der Waals surface area contributed by atoms with E-state index in [4.69, 9.17) is 17.0 Å². The maximum absolute atomic E-state index is 14.4. The van der Waals surface area contributed by atoms with Crippen molar-refractivity contribution in [3.05, 3.63) is 52.9 Å². The number of rotatable bonds is 4. The minimum Gasteiger partial charge on any atom is -0.373 e. The summed E-state index contributed by atoms with van der Waals surface area (Å²) in [5.41, 5.74) is 8.04. The summed E-state index contributed by atoms with van der Waals surface area (Å²) >= 11 is 0. The number of hydrogen-bond donors (Lipinski definition) is 4. The highest BCUT2D eigenvalue weighted by Gasteiger charge is 2.25. The number of hydrazine groups is 1. The third kappa shape index (κ3) is 4.11. The number of pyridine rings is 1. The van der Waals surface area contributed by atoms with Crippen LogP contribution in [-0.4, -0.2) is 46.0 Å². The van der Waals surface area contributed by atoms with Gasteiger partial charge in [-0.05, 0) is 35.7 Å². The van der Waals surface area contributed by atoms with E-state index in [-0.39, 0.29) is 17.1 Å². The first-order chi connectivity index (χ1) is 12.8. The Bertz CT molecular complexity index is 871. The summed E-state index contributed by atoms with van der Waals surface area (Å²) in [5.74, 6) is 4.49. The van der Waals surface area contributed by atoms with E-state index in [1.54, 1.807) is 13.1 Å². The number of nitrogens with one attached hydrogen (secondary N) is 1. The standard InChI is InChI=1S/C18H22F2N6O/c1-25(23)17(21)9-26-5-4-12-13(11-3-2-10(19)6-14(11)20)7-15(18(22)27)24-16(12)8-26/h2-3,6-7,18,21,27H,4-5,8-9,22-23H2,1H3. The molecule has 0 spiro atoms. The Hall–Kier alpha value is -2.46. The number of nitrogens with two attached hydrogens (primary N) is 2. The van der Waals surface area contributed by atoms with Crippen molar-refractivity contribution in [2.75, 3.05) is 20.1 Å². The predicted octanol–water partition coefficient (Wildman–Crippen LogP) is 1.12. The molecule has 144 valence electrons. The van der Waals surface area contributed by atoms with Crippen molar-refractivity contribution in [3.8, 4) is 11.1 Å². The second-order valence-electron chi connectivity index (χ2n) is 6.61. The SMILES string of the molecule is CN(N)C(=N)CN1CCc2c(-c3ccc(F)cc3F)cc(C(N)O)nc2C1. The molecule has 7 nitrogen and oxygen atoms in total. The molecule has 0 radical (unpaired) electrons. The summed E-state index contributed by atoms with van der Waals surface area (Å²) in [7, 11) is 1.59. The first kappa shape index (κ1) is 19.3. The van der Waals surface area contributed by atoms with Gasteiger partial charge in [-0.2, -0.15) is 0 Å². The first-order valence-corrected chi connectivity index (χ1v) is 8.46. The van der Waals surface area contributed by atoms with Crippen LogP contribution in [0, 0.1) is 17.0 Å². The van der Waals surface area contributed by atoms with E-state index in [1.807, 2.05) is 4.90 Å². The second-order valence-corrected chi connectivity index (χ2v) is 6.61. The van der Waals surface area contributed by atoms with Crippen LogP contribution in [0.2, 0.25) is 0 Å². The molecule has 0 amide bonds. The number of hydrogen-bond acceptors (Lipinski definition) is 6. The van der Waals surface area contributed by atoms with Gasteiger partial charge >= 0.3 is 0 Å². The van der Waals surface area contributed by atoms with Crippen molar-refractivity contribution >= 4 is 5.84 Å². The van der Waals surface area contributed by atoms with Crippen molar-refractivity contribution in [2.24, 2.45) is 11.6 Å². The average Bonchev–Trinajstić information content (AvgIpc) is 2.60. The summed E-state index contributed by atoms with van der Waals surface area (Å²) in [5, 5.41) is 18.9. The lowest BCUT2D eigenvalue weighted by Gasteiger charge is -2.31. The smallest absolute Gasteiger partial charge is 0.145 e. The van der Waals surface area contributed by atoms with E-state index >= 15 is 0 Å². The van der Waals surface area contributed by atoms with Crippen molar-refractivity contribution in [1.29, 1.82) is 5.41 Å². The highest BCUT2D eigenvalue weighted by Crippen LogP contribution is 2.33. The van der Waals surface area contributed by atoms with Crippen LogP contribution >= 0.6 is 0 Å². The van der Waals surface area contributed by atoms with Gasteiger partial charge in [0.2, 0.25) is 0 Å². The molecule has 1 atom stereocenters. The molecule has 2 aromatic rings. The van der Waals surface area contributed by atoms with Gasteiger partial charge in [-0.3, -0.25) is 15.3 Å². The molecule has 0 fully saturated rings. The normalized spacial score (nSPS) is 15.3. The van der Waals surface area contributed by atoms with Gasteiger partial charge in [-0.1, -0.05) is 0 Å². The molecule has 3 rings (SSSR count). The maximum atomic E-state index is 14.4. The lowest BCUT2D eigenvalue weighted by Crippen LogP contribution is -2.43. The van der Waals surface area contributed by atoms with Gasteiger partial charge in [0.25, 0.3) is 0 Å². The summed E-state index contributed by atoms with van der Waals surface area (Å²) < 4.78 is 27.7. The summed E-state index contributed by atoms with van der Waals surface area (Å²) in [6, 6.07) is 4.94. The Morgan fingerprint density at radius 1 is 1.37 bits per heavy atom. The Labute approximate surface area is 155 Å². The van der Waals surface area contributed by atoms with E-state index in [0.717, 1.165) is 11.6 Å². The zero-order chi connectivity index (χ0) is 19.7. The molecule has 6 N–H and O–H groups in total.